The average Bonchev–Trinajstić information content (AvgIpc) is 3.10. The van der Waals surface area contributed by atoms with Gasteiger partial charge in [-0.05, 0) is 56.9 Å². The molecule has 6 heteroatoms. The molecule has 0 saturated heterocycles. The smallest absolute Gasteiger partial charge is 0.225 e. The molecule has 0 unspecified atom stereocenters. The van der Waals surface area contributed by atoms with E-state index in [0.29, 0.717) is 5.76 Å². The Hall–Kier alpha value is -2.63. The van der Waals surface area contributed by atoms with E-state index >= 15 is 0 Å². The van der Waals surface area contributed by atoms with Crippen LogP contribution < -0.4 is 5.32 Å². The van der Waals surface area contributed by atoms with Crippen LogP contribution in [0.25, 0.3) is 10.9 Å². The Morgan fingerprint density at radius 3 is 3.04 bits per heavy atom. The third kappa shape index (κ3) is 2.81. The van der Waals surface area contributed by atoms with Gasteiger partial charge in [-0.15, -0.1) is 0 Å². The first kappa shape index (κ1) is 15.9. The van der Waals surface area contributed by atoms with Crippen LogP contribution in [0.5, 0.6) is 0 Å². The number of aromatic amines is 1. The number of amides is 1. The SMILES string of the molecule is Cc1noc(C)c1CC(=O)N[C@H]1CCCc2c1[nH]c1ccc(F)cc21. The van der Waals surface area contributed by atoms with Crippen molar-refractivity contribution >= 4 is 16.8 Å². The molecule has 0 saturated carbocycles. The van der Waals surface area contributed by atoms with E-state index in [4.69, 9.17) is 4.52 Å². The summed E-state index contributed by atoms with van der Waals surface area (Å²) in [7, 11) is 0. The molecule has 130 valence electrons. The Bertz CT molecular complexity index is 938. The lowest BCUT2D eigenvalue weighted by Gasteiger charge is -2.24. The van der Waals surface area contributed by atoms with Crippen LogP contribution in [-0.4, -0.2) is 16.0 Å². The molecule has 25 heavy (non-hydrogen) atoms. The maximum Gasteiger partial charge on any atom is 0.225 e. The summed E-state index contributed by atoms with van der Waals surface area (Å²) in [6, 6.07) is 4.70. The summed E-state index contributed by atoms with van der Waals surface area (Å²) in [4.78, 5) is 15.9. The average molecular weight is 341 g/mol. The molecule has 1 amide bonds. The van der Waals surface area contributed by atoms with Gasteiger partial charge in [0.15, 0.2) is 0 Å². The number of nitrogens with one attached hydrogen (secondary N) is 2. The van der Waals surface area contributed by atoms with Gasteiger partial charge in [-0.2, -0.15) is 0 Å². The van der Waals surface area contributed by atoms with Crippen molar-refractivity contribution in [3.05, 3.63) is 52.3 Å². The molecule has 0 bridgehead atoms. The number of H-pyrrole nitrogens is 1. The van der Waals surface area contributed by atoms with E-state index in [9.17, 15) is 9.18 Å². The fourth-order valence-electron chi connectivity index (χ4n) is 3.74. The van der Waals surface area contributed by atoms with Crippen molar-refractivity contribution < 1.29 is 13.7 Å². The van der Waals surface area contributed by atoms with Gasteiger partial charge in [0.05, 0.1) is 18.2 Å². The number of rotatable bonds is 3. The standard InChI is InChI=1S/C19H20FN3O2/c1-10-14(11(2)25-23-10)9-18(24)21-17-5-3-4-13-15-8-12(20)6-7-16(15)22-19(13)17/h6-8,17,22H,3-5,9H2,1-2H3,(H,21,24)/t17-/m0/s1. The number of nitrogens with zero attached hydrogens (tertiary/aromatic N) is 1. The van der Waals surface area contributed by atoms with Crippen LogP contribution in [0.3, 0.4) is 0 Å². The lowest BCUT2D eigenvalue weighted by atomic mass is 9.91. The van der Waals surface area contributed by atoms with Gasteiger partial charge in [-0.3, -0.25) is 4.79 Å². The zero-order chi connectivity index (χ0) is 17.6. The van der Waals surface area contributed by atoms with E-state index in [2.05, 4.69) is 15.5 Å². The van der Waals surface area contributed by atoms with Gasteiger partial charge in [0.1, 0.15) is 11.6 Å². The first-order valence-corrected chi connectivity index (χ1v) is 8.54. The highest BCUT2D eigenvalue weighted by atomic mass is 19.1. The highest BCUT2D eigenvalue weighted by molar-refractivity contribution is 5.86. The largest absolute Gasteiger partial charge is 0.361 e. The van der Waals surface area contributed by atoms with Crippen LogP contribution in [0.4, 0.5) is 4.39 Å². The lowest BCUT2D eigenvalue weighted by molar-refractivity contribution is -0.121. The number of hydrogen-bond donors (Lipinski definition) is 2. The molecule has 1 atom stereocenters. The van der Waals surface area contributed by atoms with Crippen molar-refractivity contribution in [3.8, 4) is 0 Å². The summed E-state index contributed by atoms with van der Waals surface area (Å²) >= 11 is 0. The summed E-state index contributed by atoms with van der Waals surface area (Å²) in [5, 5.41) is 7.92. The van der Waals surface area contributed by atoms with E-state index in [1.165, 1.54) is 6.07 Å². The second-order valence-corrected chi connectivity index (χ2v) is 6.70. The quantitative estimate of drug-likeness (QED) is 0.764. The first-order chi connectivity index (χ1) is 12.0. The molecule has 1 aliphatic rings. The van der Waals surface area contributed by atoms with Gasteiger partial charge in [0.25, 0.3) is 0 Å². The normalized spacial score (nSPS) is 16.8. The minimum Gasteiger partial charge on any atom is -0.361 e. The molecule has 2 aromatic heterocycles. The van der Waals surface area contributed by atoms with E-state index < -0.39 is 0 Å². The molecular weight excluding hydrogens is 321 g/mol. The van der Waals surface area contributed by atoms with Gasteiger partial charge in [-0.25, -0.2) is 4.39 Å². The van der Waals surface area contributed by atoms with Crippen LogP contribution in [0.15, 0.2) is 22.7 Å². The summed E-state index contributed by atoms with van der Waals surface area (Å²) in [5.74, 6) is 0.383. The Kier molecular flexibility index (Phi) is 3.82. The Labute approximate surface area is 144 Å². The molecule has 1 aromatic carbocycles. The minimum atomic E-state index is -0.237. The summed E-state index contributed by atoms with van der Waals surface area (Å²) in [5.41, 5.74) is 4.62. The van der Waals surface area contributed by atoms with Crippen LogP contribution in [-0.2, 0) is 17.6 Å². The summed E-state index contributed by atoms with van der Waals surface area (Å²) in [6.07, 6.45) is 2.99. The molecule has 0 spiro atoms. The van der Waals surface area contributed by atoms with Crippen molar-refractivity contribution in [1.82, 2.24) is 15.5 Å². The summed E-state index contributed by atoms with van der Waals surface area (Å²) in [6.45, 7) is 3.65. The second-order valence-electron chi connectivity index (χ2n) is 6.70. The molecular formula is C19H20FN3O2. The fourth-order valence-corrected chi connectivity index (χ4v) is 3.74. The molecule has 3 aromatic rings. The topological polar surface area (TPSA) is 70.9 Å². The number of hydrogen-bond acceptors (Lipinski definition) is 3. The Morgan fingerprint density at radius 2 is 2.28 bits per heavy atom. The highest BCUT2D eigenvalue weighted by Gasteiger charge is 2.26. The van der Waals surface area contributed by atoms with Crippen molar-refractivity contribution in [2.45, 2.75) is 45.6 Å². The van der Waals surface area contributed by atoms with Crippen molar-refractivity contribution in [3.63, 3.8) is 0 Å². The van der Waals surface area contributed by atoms with Crippen molar-refractivity contribution in [1.29, 1.82) is 0 Å². The molecule has 4 rings (SSSR count). The van der Waals surface area contributed by atoms with Crippen LogP contribution in [0, 0.1) is 19.7 Å². The lowest BCUT2D eigenvalue weighted by Crippen LogP contribution is -2.32. The number of benzene rings is 1. The van der Waals surface area contributed by atoms with Crippen LogP contribution in [0.2, 0.25) is 0 Å². The van der Waals surface area contributed by atoms with Crippen LogP contribution in [0.1, 0.15) is 47.2 Å². The highest BCUT2D eigenvalue weighted by Crippen LogP contribution is 2.35. The minimum absolute atomic E-state index is 0.0583. The maximum absolute atomic E-state index is 13.6. The monoisotopic (exact) mass is 341 g/mol. The van der Waals surface area contributed by atoms with Crippen molar-refractivity contribution in [2.24, 2.45) is 0 Å². The third-order valence-electron chi connectivity index (χ3n) is 5.02. The Morgan fingerprint density at radius 1 is 1.44 bits per heavy atom. The van der Waals surface area contributed by atoms with Crippen molar-refractivity contribution in [2.75, 3.05) is 0 Å². The molecule has 2 N–H and O–H groups in total. The van der Waals surface area contributed by atoms with E-state index in [1.54, 1.807) is 12.1 Å². The maximum atomic E-state index is 13.6. The van der Waals surface area contributed by atoms with Gasteiger partial charge in [-0.1, -0.05) is 5.16 Å². The zero-order valence-corrected chi connectivity index (χ0v) is 14.3. The number of aryl methyl sites for hydroxylation is 3. The number of carbonyl (C=O) groups excluding carboxylic acids is 1. The molecule has 0 radical (unpaired) electrons. The van der Waals surface area contributed by atoms with E-state index in [-0.39, 0.29) is 24.2 Å². The summed E-state index contributed by atoms with van der Waals surface area (Å²) < 4.78 is 18.7. The molecule has 1 aliphatic carbocycles. The molecule has 0 fully saturated rings. The van der Waals surface area contributed by atoms with Gasteiger partial charge in [0.2, 0.25) is 5.91 Å². The Balaban J connectivity index is 1.59. The van der Waals surface area contributed by atoms with Gasteiger partial charge in [0, 0.05) is 22.2 Å². The van der Waals surface area contributed by atoms with E-state index in [1.807, 2.05) is 13.8 Å². The zero-order valence-electron chi connectivity index (χ0n) is 14.3. The number of fused-ring (bicyclic) bond motifs is 3. The molecule has 2 heterocycles. The van der Waals surface area contributed by atoms with Gasteiger partial charge >= 0.3 is 0 Å². The number of halogens is 1. The second kappa shape index (κ2) is 6.02. The number of aromatic nitrogens is 2. The third-order valence-corrected chi connectivity index (χ3v) is 5.02. The fraction of sp³-hybridized carbons (Fsp3) is 0.368. The van der Waals surface area contributed by atoms with E-state index in [0.717, 1.165) is 52.7 Å². The molecule has 5 nitrogen and oxygen atoms in total. The first-order valence-electron chi connectivity index (χ1n) is 8.54. The predicted octanol–water partition coefficient (Wildman–Crippen LogP) is 3.65. The predicted molar refractivity (Wildman–Crippen MR) is 91.8 cm³/mol. The number of carbonyl (C=O) groups is 1. The van der Waals surface area contributed by atoms with Gasteiger partial charge < -0.3 is 14.8 Å². The molecule has 0 aliphatic heterocycles. The van der Waals surface area contributed by atoms with Crippen LogP contribution >= 0.6 is 0 Å².